The largest absolute Gasteiger partial charge is 0.491 e. The Morgan fingerprint density at radius 3 is 2.84 bits per heavy atom. The van der Waals surface area contributed by atoms with E-state index in [2.05, 4.69) is 0 Å². The maximum Gasteiger partial charge on any atom is 0.227 e. The highest BCUT2D eigenvalue weighted by Gasteiger charge is 2.24. The van der Waals surface area contributed by atoms with Crippen molar-refractivity contribution in [2.24, 2.45) is 5.73 Å². The van der Waals surface area contributed by atoms with Crippen LogP contribution in [0.3, 0.4) is 0 Å². The molecule has 1 saturated heterocycles. The second-order valence-electron chi connectivity index (χ2n) is 5.34. The van der Waals surface area contributed by atoms with Gasteiger partial charge in [0.25, 0.3) is 0 Å². The van der Waals surface area contributed by atoms with Gasteiger partial charge in [0.1, 0.15) is 5.75 Å². The van der Waals surface area contributed by atoms with Gasteiger partial charge in [0.15, 0.2) is 0 Å². The Hall–Kier alpha value is -1.55. The lowest BCUT2D eigenvalue weighted by Gasteiger charge is -2.18. The third kappa shape index (κ3) is 3.70. The van der Waals surface area contributed by atoms with Gasteiger partial charge in [-0.05, 0) is 26.3 Å². The van der Waals surface area contributed by atoms with Crippen molar-refractivity contribution in [3.8, 4) is 5.75 Å². The summed E-state index contributed by atoms with van der Waals surface area (Å²) in [7, 11) is 0. The first kappa shape index (κ1) is 13.9. The zero-order valence-electron chi connectivity index (χ0n) is 11.6. The number of likely N-dealkylation sites (tertiary alicyclic amines) is 1. The predicted octanol–water partition coefficient (Wildman–Crippen LogP) is 1.58. The number of rotatable bonds is 4. The van der Waals surface area contributed by atoms with E-state index in [1.807, 2.05) is 43.0 Å². The summed E-state index contributed by atoms with van der Waals surface area (Å²) in [5, 5.41) is 0. The van der Waals surface area contributed by atoms with Crippen LogP contribution in [0.15, 0.2) is 24.3 Å². The van der Waals surface area contributed by atoms with Gasteiger partial charge >= 0.3 is 0 Å². The highest BCUT2D eigenvalue weighted by atomic mass is 16.5. The first-order chi connectivity index (χ1) is 9.06. The molecule has 0 bridgehead atoms. The van der Waals surface area contributed by atoms with Gasteiger partial charge in [-0.2, -0.15) is 0 Å². The zero-order chi connectivity index (χ0) is 13.8. The molecule has 4 nitrogen and oxygen atoms in total. The number of nitrogens with two attached hydrogens (primary N) is 1. The number of amides is 1. The third-order valence-electron chi connectivity index (χ3n) is 3.25. The van der Waals surface area contributed by atoms with Gasteiger partial charge in [0, 0.05) is 24.7 Å². The standard InChI is InChI=1S/C15H22N2O2/c1-11(2)19-14-6-4-3-5-12(14)9-15(18)17-8-7-13(16)10-17/h3-6,11,13H,7-10,16H2,1-2H3/t13-/m0/s1. The van der Waals surface area contributed by atoms with E-state index < -0.39 is 0 Å². The third-order valence-corrected chi connectivity index (χ3v) is 3.25. The van der Waals surface area contributed by atoms with Crippen molar-refractivity contribution in [3.63, 3.8) is 0 Å². The fourth-order valence-electron chi connectivity index (χ4n) is 2.31. The number of carbonyl (C=O) groups excluding carboxylic acids is 1. The minimum Gasteiger partial charge on any atom is -0.491 e. The molecule has 1 aliphatic heterocycles. The van der Waals surface area contributed by atoms with Crippen LogP contribution < -0.4 is 10.5 Å². The Bertz CT molecular complexity index is 446. The average molecular weight is 262 g/mol. The average Bonchev–Trinajstić information content (AvgIpc) is 2.78. The van der Waals surface area contributed by atoms with Crippen molar-refractivity contribution in [2.75, 3.05) is 13.1 Å². The quantitative estimate of drug-likeness (QED) is 0.896. The SMILES string of the molecule is CC(C)Oc1ccccc1CC(=O)N1CC[C@H](N)C1. The Morgan fingerprint density at radius 2 is 2.21 bits per heavy atom. The van der Waals surface area contributed by atoms with Gasteiger partial charge < -0.3 is 15.4 Å². The number of carbonyl (C=O) groups is 1. The molecule has 2 N–H and O–H groups in total. The molecule has 104 valence electrons. The van der Waals surface area contributed by atoms with Crippen LogP contribution in [0.4, 0.5) is 0 Å². The van der Waals surface area contributed by atoms with Crippen molar-refractivity contribution < 1.29 is 9.53 Å². The molecule has 0 spiro atoms. The first-order valence-corrected chi connectivity index (χ1v) is 6.84. The molecule has 1 amide bonds. The van der Waals surface area contributed by atoms with Gasteiger partial charge in [-0.25, -0.2) is 0 Å². The van der Waals surface area contributed by atoms with Crippen LogP contribution in [0.25, 0.3) is 0 Å². The van der Waals surface area contributed by atoms with Crippen LogP contribution in [-0.4, -0.2) is 36.0 Å². The summed E-state index contributed by atoms with van der Waals surface area (Å²) in [6.07, 6.45) is 1.39. The Balaban J connectivity index is 2.04. The Labute approximate surface area is 114 Å². The summed E-state index contributed by atoms with van der Waals surface area (Å²) in [6, 6.07) is 7.86. The smallest absolute Gasteiger partial charge is 0.227 e. The molecule has 1 aliphatic rings. The van der Waals surface area contributed by atoms with Crippen LogP contribution >= 0.6 is 0 Å². The molecule has 0 aromatic heterocycles. The first-order valence-electron chi connectivity index (χ1n) is 6.84. The number of benzene rings is 1. The molecule has 1 fully saturated rings. The highest BCUT2D eigenvalue weighted by molar-refractivity contribution is 5.79. The maximum absolute atomic E-state index is 12.2. The van der Waals surface area contributed by atoms with Crippen LogP contribution in [0.2, 0.25) is 0 Å². The van der Waals surface area contributed by atoms with Crippen molar-refractivity contribution in [2.45, 2.75) is 38.8 Å². The van der Waals surface area contributed by atoms with Crippen molar-refractivity contribution >= 4 is 5.91 Å². The van der Waals surface area contributed by atoms with E-state index in [0.717, 1.165) is 24.3 Å². The minimum absolute atomic E-state index is 0.108. The summed E-state index contributed by atoms with van der Waals surface area (Å²) in [4.78, 5) is 14.1. The van der Waals surface area contributed by atoms with Gasteiger partial charge in [0.05, 0.1) is 12.5 Å². The highest BCUT2D eigenvalue weighted by Crippen LogP contribution is 2.21. The van der Waals surface area contributed by atoms with Crippen molar-refractivity contribution in [1.29, 1.82) is 0 Å². The molecule has 0 unspecified atom stereocenters. The lowest BCUT2D eigenvalue weighted by molar-refractivity contribution is -0.129. The lowest BCUT2D eigenvalue weighted by atomic mass is 10.1. The fraction of sp³-hybridized carbons (Fsp3) is 0.533. The number of hydrogen-bond donors (Lipinski definition) is 1. The van der Waals surface area contributed by atoms with E-state index in [1.54, 1.807) is 0 Å². The summed E-state index contributed by atoms with van der Waals surface area (Å²) < 4.78 is 5.73. The minimum atomic E-state index is 0.108. The van der Waals surface area contributed by atoms with E-state index in [0.29, 0.717) is 13.0 Å². The van der Waals surface area contributed by atoms with E-state index in [9.17, 15) is 4.79 Å². The van der Waals surface area contributed by atoms with E-state index in [1.165, 1.54) is 0 Å². The number of ether oxygens (including phenoxy) is 1. The summed E-state index contributed by atoms with van der Waals surface area (Å²) in [6.45, 7) is 5.41. The van der Waals surface area contributed by atoms with E-state index in [4.69, 9.17) is 10.5 Å². The topological polar surface area (TPSA) is 55.6 Å². The maximum atomic E-state index is 12.2. The molecular formula is C15H22N2O2. The molecule has 1 heterocycles. The molecular weight excluding hydrogens is 240 g/mol. The van der Waals surface area contributed by atoms with Crippen molar-refractivity contribution in [1.82, 2.24) is 4.90 Å². The van der Waals surface area contributed by atoms with Crippen LogP contribution in [0.5, 0.6) is 5.75 Å². The van der Waals surface area contributed by atoms with Gasteiger partial charge in [-0.1, -0.05) is 18.2 Å². The van der Waals surface area contributed by atoms with Gasteiger partial charge in [0.2, 0.25) is 5.91 Å². The fourth-order valence-corrected chi connectivity index (χ4v) is 2.31. The van der Waals surface area contributed by atoms with E-state index in [-0.39, 0.29) is 18.1 Å². The Morgan fingerprint density at radius 1 is 1.47 bits per heavy atom. The van der Waals surface area contributed by atoms with Crippen LogP contribution in [0.1, 0.15) is 25.8 Å². The number of nitrogens with zero attached hydrogens (tertiary/aromatic N) is 1. The van der Waals surface area contributed by atoms with Crippen molar-refractivity contribution in [3.05, 3.63) is 29.8 Å². The molecule has 1 aromatic rings. The summed E-state index contributed by atoms with van der Waals surface area (Å²) >= 11 is 0. The second kappa shape index (κ2) is 6.06. The summed E-state index contributed by atoms with van der Waals surface area (Å²) in [5.41, 5.74) is 6.78. The molecule has 0 saturated carbocycles. The molecule has 2 rings (SSSR count). The molecule has 19 heavy (non-hydrogen) atoms. The molecule has 1 atom stereocenters. The number of hydrogen-bond acceptors (Lipinski definition) is 3. The summed E-state index contributed by atoms with van der Waals surface area (Å²) in [5.74, 6) is 0.933. The number of para-hydroxylation sites is 1. The van der Waals surface area contributed by atoms with E-state index >= 15 is 0 Å². The second-order valence-corrected chi connectivity index (χ2v) is 5.34. The molecule has 0 aliphatic carbocycles. The normalized spacial score (nSPS) is 18.9. The lowest BCUT2D eigenvalue weighted by Crippen LogP contribution is -2.33. The monoisotopic (exact) mass is 262 g/mol. The molecule has 1 aromatic carbocycles. The predicted molar refractivity (Wildman–Crippen MR) is 75.1 cm³/mol. The molecule has 4 heteroatoms. The zero-order valence-corrected chi connectivity index (χ0v) is 11.6. The van der Waals surface area contributed by atoms with Crippen LogP contribution in [-0.2, 0) is 11.2 Å². The van der Waals surface area contributed by atoms with Gasteiger partial charge in [-0.15, -0.1) is 0 Å². The molecule has 0 radical (unpaired) electrons. The van der Waals surface area contributed by atoms with Crippen LogP contribution in [0, 0.1) is 0 Å². The Kier molecular flexibility index (Phi) is 4.43. The van der Waals surface area contributed by atoms with Gasteiger partial charge in [-0.3, -0.25) is 4.79 Å².